The SMILES string of the molecule is CCCOc1cccc(C(=O)N(Cc2ccccc2F)[C@@H]2CCS(=O)(=O)C2)c1. The van der Waals surface area contributed by atoms with Crippen molar-refractivity contribution in [2.24, 2.45) is 0 Å². The van der Waals surface area contributed by atoms with Crippen LogP contribution in [0.5, 0.6) is 5.75 Å². The van der Waals surface area contributed by atoms with Crippen LogP contribution in [-0.2, 0) is 16.4 Å². The molecular formula is C21H24FNO4S. The molecule has 0 N–H and O–H groups in total. The fourth-order valence-electron chi connectivity index (χ4n) is 3.30. The predicted octanol–water partition coefficient (Wildman–Crippen LogP) is 3.44. The molecule has 0 saturated carbocycles. The molecule has 5 nitrogen and oxygen atoms in total. The number of halogens is 1. The lowest BCUT2D eigenvalue weighted by Gasteiger charge is -2.29. The Kier molecular flexibility index (Phi) is 6.34. The molecule has 0 spiro atoms. The molecule has 150 valence electrons. The van der Waals surface area contributed by atoms with E-state index in [1.807, 2.05) is 6.92 Å². The molecule has 0 bridgehead atoms. The maximum atomic E-state index is 14.2. The summed E-state index contributed by atoms with van der Waals surface area (Å²) in [5.74, 6) is -0.219. The smallest absolute Gasteiger partial charge is 0.254 e. The van der Waals surface area contributed by atoms with Crippen LogP contribution in [-0.4, -0.2) is 43.4 Å². The molecule has 28 heavy (non-hydrogen) atoms. The van der Waals surface area contributed by atoms with Crippen molar-refractivity contribution in [1.29, 1.82) is 0 Å². The Balaban J connectivity index is 1.90. The summed E-state index contributed by atoms with van der Waals surface area (Å²) in [5.41, 5.74) is 0.757. The Bertz CT molecular complexity index is 945. The highest BCUT2D eigenvalue weighted by Crippen LogP contribution is 2.24. The average molecular weight is 405 g/mol. The Labute approximate surface area is 165 Å². The number of carbonyl (C=O) groups is 1. The second-order valence-electron chi connectivity index (χ2n) is 6.96. The molecule has 1 fully saturated rings. The van der Waals surface area contributed by atoms with Gasteiger partial charge in [0.2, 0.25) is 0 Å². The van der Waals surface area contributed by atoms with E-state index in [-0.39, 0.29) is 24.0 Å². The molecule has 0 unspecified atom stereocenters. The van der Waals surface area contributed by atoms with Gasteiger partial charge in [-0.25, -0.2) is 12.8 Å². The van der Waals surface area contributed by atoms with Crippen molar-refractivity contribution in [2.45, 2.75) is 32.4 Å². The molecule has 1 heterocycles. The van der Waals surface area contributed by atoms with E-state index in [4.69, 9.17) is 4.74 Å². The van der Waals surface area contributed by atoms with Crippen LogP contribution < -0.4 is 4.74 Å². The minimum Gasteiger partial charge on any atom is -0.494 e. The summed E-state index contributed by atoms with van der Waals surface area (Å²) in [4.78, 5) is 14.7. The molecule has 1 saturated heterocycles. The molecular weight excluding hydrogens is 381 g/mol. The maximum Gasteiger partial charge on any atom is 0.254 e. The quantitative estimate of drug-likeness (QED) is 0.708. The first-order chi connectivity index (χ1) is 13.4. The van der Waals surface area contributed by atoms with Crippen LogP contribution in [0.4, 0.5) is 4.39 Å². The maximum absolute atomic E-state index is 14.2. The normalized spacial score (nSPS) is 18.0. The van der Waals surface area contributed by atoms with Gasteiger partial charge in [0.15, 0.2) is 9.84 Å². The van der Waals surface area contributed by atoms with Crippen LogP contribution in [0.3, 0.4) is 0 Å². The number of ether oxygens (including phenoxy) is 1. The third-order valence-corrected chi connectivity index (χ3v) is 6.51. The third-order valence-electron chi connectivity index (χ3n) is 4.76. The fraction of sp³-hybridized carbons (Fsp3) is 0.381. The van der Waals surface area contributed by atoms with Crippen LogP contribution >= 0.6 is 0 Å². The number of hydrogen-bond donors (Lipinski definition) is 0. The Hall–Kier alpha value is -2.41. The van der Waals surface area contributed by atoms with Crippen molar-refractivity contribution in [3.63, 3.8) is 0 Å². The van der Waals surface area contributed by atoms with Gasteiger partial charge in [-0.3, -0.25) is 4.79 Å². The van der Waals surface area contributed by atoms with Gasteiger partial charge in [-0.15, -0.1) is 0 Å². The van der Waals surface area contributed by atoms with Gasteiger partial charge in [-0.1, -0.05) is 31.2 Å². The zero-order chi connectivity index (χ0) is 20.1. The molecule has 7 heteroatoms. The number of rotatable bonds is 7. The topological polar surface area (TPSA) is 63.7 Å². The number of sulfone groups is 1. The van der Waals surface area contributed by atoms with Gasteiger partial charge < -0.3 is 9.64 Å². The summed E-state index contributed by atoms with van der Waals surface area (Å²) >= 11 is 0. The summed E-state index contributed by atoms with van der Waals surface area (Å²) in [5, 5.41) is 0. The lowest BCUT2D eigenvalue weighted by atomic mass is 10.1. The van der Waals surface area contributed by atoms with Crippen molar-refractivity contribution in [2.75, 3.05) is 18.1 Å². The van der Waals surface area contributed by atoms with E-state index in [2.05, 4.69) is 0 Å². The summed E-state index contributed by atoms with van der Waals surface area (Å²) in [6, 6.07) is 12.6. The highest BCUT2D eigenvalue weighted by atomic mass is 32.2. The van der Waals surface area contributed by atoms with E-state index in [1.165, 1.54) is 11.0 Å². The van der Waals surface area contributed by atoms with E-state index < -0.39 is 21.7 Å². The number of benzene rings is 2. The highest BCUT2D eigenvalue weighted by molar-refractivity contribution is 7.91. The van der Waals surface area contributed by atoms with E-state index in [0.29, 0.717) is 29.9 Å². The highest BCUT2D eigenvalue weighted by Gasteiger charge is 2.35. The van der Waals surface area contributed by atoms with Gasteiger partial charge in [-0.2, -0.15) is 0 Å². The first-order valence-electron chi connectivity index (χ1n) is 9.37. The molecule has 0 aliphatic carbocycles. The van der Waals surface area contributed by atoms with Gasteiger partial charge in [0, 0.05) is 23.7 Å². The van der Waals surface area contributed by atoms with Gasteiger partial charge in [0.05, 0.1) is 18.1 Å². The fourth-order valence-corrected chi connectivity index (χ4v) is 5.03. The van der Waals surface area contributed by atoms with Crippen molar-refractivity contribution < 1.29 is 22.3 Å². The molecule has 3 rings (SSSR count). The predicted molar refractivity (Wildman–Crippen MR) is 106 cm³/mol. The number of carbonyl (C=O) groups excluding carboxylic acids is 1. The van der Waals surface area contributed by atoms with Gasteiger partial charge in [0.1, 0.15) is 11.6 Å². The molecule has 1 amide bonds. The van der Waals surface area contributed by atoms with Gasteiger partial charge >= 0.3 is 0 Å². The first kappa shape index (κ1) is 20.3. The molecule has 0 aromatic heterocycles. The van der Waals surface area contributed by atoms with Crippen LogP contribution in [0, 0.1) is 5.82 Å². The van der Waals surface area contributed by atoms with Crippen molar-refractivity contribution >= 4 is 15.7 Å². The monoisotopic (exact) mass is 405 g/mol. The minimum absolute atomic E-state index is 0.0196. The zero-order valence-electron chi connectivity index (χ0n) is 15.8. The molecule has 2 aromatic carbocycles. The van der Waals surface area contributed by atoms with E-state index in [1.54, 1.807) is 42.5 Å². The lowest BCUT2D eigenvalue weighted by Crippen LogP contribution is -2.40. The standard InChI is InChI=1S/C21H24FNO4S/c1-2-11-27-19-8-5-7-16(13-19)21(24)23(18-10-12-28(25,26)15-18)14-17-6-3-4-9-20(17)22/h3-9,13,18H,2,10-12,14-15H2,1H3/t18-/m1/s1. The first-order valence-corrected chi connectivity index (χ1v) is 11.2. The summed E-state index contributed by atoms with van der Waals surface area (Å²) in [6.45, 7) is 2.55. The Morgan fingerprint density at radius 3 is 2.68 bits per heavy atom. The second kappa shape index (κ2) is 8.73. The van der Waals surface area contributed by atoms with Crippen LogP contribution in [0.2, 0.25) is 0 Å². The van der Waals surface area contributed by atoms with Crippen LogP contribution in [0.15, 0.2) is 48.5 Å². The van der Waals surface area contributed by atoms with Crippen molar-refractivity contribution in [3.8, 4) is 5.75 Å². The van der Waals surface area contributed by atoms with Crippen molar-refractivity contribution in [1.82, 2.24) is 4.90 Å². The molecule has 2 aromatic rings. The molecule has 1 aliphatic rings. The summed E-state index contributed by atoms with van der Waals surface area (Å²) < 4.78 is 43.7. The number of nitrogens with zero attached hydrogens (tertiary/aromatic N) is 1. The molecule has 0 radical (unpaired) electrons. The van der Waals surface area contributed by atoms with Gasteiger partial charge in [-0.05, 0) is 37.1 Å². The zero-order valence-corrected chi connectivity index (χ0v) is 16.6. The summed E-state index contributed by atoms with van der Waals surface area (Å²) in [6.07, 6.45) is 1.20. The minimum atomic E-state index is -3.19. The van der Waals surface area contributed by atoms with Gasteiger partial charge in [0.25, 0.3) is 5.91 Å². The van der Waals surface area contributed by atoms with Crippen LogP contribution in [0.25, 0.3) is 0 Å². The summed E-state index contributed by atoms with van der Waals surface area (Å²) in [7, 11) is -3.19. The third kappa shape index (κ3) is 4.90. The number of hydrogen-bond acceptors (Lipinski definition) is 4. The lowest BCUT2D eigenvalue weighted by molar-refractivity contribution is 0.0678. The molecule has 1 atom stereocenters. The second-order valence-corrected chi connectivity index (χ2v) is 9.19. The number of amides is 1. The molecule has 1 aliphatic heterocycles. The largest absolute Gasteiger partial charge is 0.494 e. The Morgan fingerprint density at radius 1 is 1.21 bits per heavy atom. The Morgan fingerprint density at radius 2 is 2.00 bits per heavy atom. The van der Waals surface area contributed by atoms with Crippen LogP contribution in [0.1, 0.15) is 35.7 Å². The van der Waals surface area contributed by atoms with E-state index >= 15 is 0 Å². The van der Waals surface area contributed by atoms with E-state index in [0.717, 1.165) is 6.42 Å². The average Bonchev–Trinajstić information content (AvgIpc) is 3.05. The van der Waals surface area contributed by atoms with E-state index in [9.17, 15) is 17.6 Å². The van der Waals surface area contributed by atoms with Crippen molar-refractivity contribution in [3.05, 3.63) is 65.5 Å².